The predicted octanol–water partition coefficient (Wildman–Crippen LogP) is 6.84. The summed E-state index contributed by atoms with van der Waals surface area (Å²) >= 11 is 0. The molecule has 0 saturated carbocycles. The van der Waals surface area contributed by atoms with E-state index in [4.69, 9.17) is 0 Å². The Kier molecular flexibility index (Phi) is 6.03. The molecule has 24 heavy (non-hydrogen) atoms. The highest BCUT2D eigenvalue weighted by molar-refractivity contribution is 5.65. The molecule has 0 aromatic heterocycles. The molecule has 4 heteroatoms. The monoisotopic (exact) mass is 338 g/mol. The number of rotatable bonds is 6. The molecule has 0 bridgehead atoms. The van der Waals surface area contributed by atoms with E-state index in [1.807, 2.05) is 6.92 Å². The average molecular weight is 338 g/mol. The third-order valence-electron chi connectivity index (χ3n) is 4.33. The number of hydrogen-bond acceptors (Lipinski definition) is 0. The fraction of sp³-hybridized carbons (Fsp3) is 0.400. The topological polar surface area (TPSA) is 0 Å². The minimum Gasteiger partial charge on any atom is -0.206 e. The second-order valence-corrected chi connectivity index (χ2v) is 6.56. The lowest BCUT2D eigenvalue weighted by Crippen LogP contribution is -2.03. The normalized spacial score (nSPS) is 12.7. The zero-order valence-electron chi connectivity index (χ0n) is 14.2. The smallest absolute Gasteiger partial charge is 0.159 e. The van der Waals surface area contributed by atoms with Crippen molar-refractivity contribution in [2.75, 3.05) is 0 Å². The van der Waals surface area contributed by atoms with Gasteiger partial charge in [-0.2, -0.15) is 0 Å². The molecule has 0 saturated heterocycles. The lowest BCUT2D eigenvalue weighted by molar-refractivity contribution is 0.487. The van der Waals surface area contributed by atoms with Gasteiger partial charge in [0.2, 0.25) is 0 Å². The van der Waals surface area contributed by atoms with Gasteiger partial charge >= 0.3 is 0 Å². The first-order chi connectivity index (χ1) is 11.3. The molecule has 0 amide bonds. The molecule has 2 aromatic carbocycles. The van der Waals surface area contributed by atoms with E-state index in [0.717, 1.165) is 31.4 Å². The van der Waals surface area contributed by atoms with E-state index in [2.05, 4.69) is 13.8 Å². The van der Waals surface area contributed by atoms with Crippen LogP contribution in [0.3, 0.4) is 0 Å². The first-order valence-electron chi connectivity index (χ1n) is 8.27. The third kappa shape index (κ3) is 4.16. The summed E-state index contributed by atoms with van der Waals surface area (Å²) in [7, 11) is 0. The Bertz CT molecular complexity index is 684. The van der Waals surface area contributed by atoms with E-state index in [1.54, 1.807) is 0 Å². The summed E-state index contributed by atoms with van der Waals surface area (Å²) in [6.07, 6.45) is 2.63. The summed E-state index contributed by atoms with van der Waals surface area (Å²) in [5.74, 6) is -3.07. The highest BCUT2D eigenvalue weighted by Crippen LogP contribution is 2.33. The average Bonchev–Trinajstić information content (AvgIpc) is 2.50. The van der Waals surface area contributed by atoms with Crippen LogP contribution in [0, 0.1) is 29.2 Å². The van der Waals surface area contributed by atoms with E-state index in [1.165, 1.54) is 18.2 Å². The van der Waals surface area contributed by atoms with E-state index in [0.29, 0.717) is 11.5 Å². The van der Waals surface area contributed by atoms with Gasteiger partial charge in [-0.25, -0.2) is 17.6 Å². The van der Waals surface area contributed by atoms with Crippen molar-refractivity contribution in [3.8, 4) is 11.1 Å². The summed E-state index contributed by atoms with van der Waals surface area (Å²) in [6, 6.07) is 5.49. The van der Waals surface area contributed by atoms with Gasteiger partial charge in [-0.1, -0.05) is 33.3 Å². The second-order valence-electron chi connectivity index (χ2n) is 6.56. The molecule has 1 unspecified atom stereocenters. The van der Waals surface area contributed by atoms with Crippen LogP contribution >= 0.6 is 0 Å². The molecule has 2 rings (SSSR count). The van der Waals surface area contributed by atoms with Crippen LogP contribution in [0.5, 0.6) is 0 Å². The number of halogens is 4. The molecule has 0 radical (unpaired) electrons. The highest BCUT2D eigenvalue weighted by Gasteiger charge is 2.19. The molecule has 0 N–H and O–H groups in total. The Morgan fingerprint density at radius 2 is 1.42 bits per heavy atom. The van der Waals surface area contributed by atoms with Gasteiger partial charge in [0, 0.05) is 0 Å². The molecule has 0 heterocycles. The van der Waals surface area contributed by atoms with Crippen molar-refractivity contribution >= 4 is 0 Å². The van der Waals surface area contributed by atoms with Crippen molar-refractivity contribution in [3.05, 3.63) is 59.2 Å². The first-order valence-corrected chi connectivity index (χ1v) is 8.27. The molecule has 0 spiro atoms. The standard InChI is InChI=1S/C20H22F4/c1-4-13(6-5-12(2)3)15-10-18(23)20(19(24)11-15)14-7-8-16(21)17(22)9-14/h7-13H,4-6H2,1-3H3. The summed E-state index contributed by atoms with van der Waals surface area (Å²) in [6.45, 7) is 6.21. The van der Waals surface area contributed by atoms with Crippen molar-refractivity contribution in [3.63, 3.8) is 0 Å². The fourth-order valence-corrected chi connectivity index (χ4v) is 2.90. The molecule has 0 aliphatic carbocycles. The van der Waals surface area contributed by atoms with Crippen molar-refractivity contribution in [2.24, 2.45) is 5.92 Å². The Balaban J connectivity index is 2.38. The molecular weight excluding hydrogens is 316 g/mol. The van der Waals surface area contributed by atoms with E-state index in [-0.39, 0.29) is 17.0 Å². The van der Waals surface area contributed by atoms with Crippen LogP contribution in [0.25, 0.3) is 11.1 Å². The lowest BCUT2D eigenvalue weighted by atomic mass is 9.88. The largest absolute Gasteiger partial charge is 0.206 e. The first kappa shape index (κ1) is 18.5. The maximum atomic E-state index is 14.5. The van der Waals surface area contributed by atoms with Crippen molar-refractivity contribution in [2.45, 2.75) is 46.0 Å². The van der Waals surface area contributed by atoms with Crippen LogP contribution in [0.1, 0.15) is 51.5 Å². The molecule has 0 aliphatic rings. The molecule has 0 aliphatic heterocycles. The van der Waals surface area contributed by atoms with Crippen LogP contribution in [-0.2, 0) is 0 Å². The second kappa shape index (κ2) is 7.82. The molecule has 2 aromatic rings. The lowest BCUT2D eigenvalue weighted by Gasteiger charge is -2.18. The van der Waals surface area contributed by atoms with Gasteiger partial charge in [0.05, 0.1) is 5.56 Å². The van der Waals surface area contributed by atoms with Gasteiger partial charge in [0.25, 0.3) is 0 Å². The fourth-order valence-electron chi connectivity index (χ4n) is 2.90. The Labute approximate surface area is 140 Å². The molecule has 1 atom stereocenters. The minimum atomic E-state index is -1.13. The molecule has 0 nitrogen and oxygen atoms in total. The number of benzene rings is 2. The van der Waals surface area contributed by atoms with Crippen molar-refractivity contribution < 1.29 is 17.6 Å². The minimum absolute atomic E-state index is 0.00863. The van der Waals surface area contributed by atoms with Crippen LogP contribution in [0.2, 0.25) is 0 Å². The quantitative estimate of drug-likeness (QED) is 0.506. The SMILES string of the molecule is CCC(CCC(C)C)c1cc(F)c(-c2ccc(F)c(F)c2)c(F)c1. The Hall–Kier alpha value is -1.84. The van der Waals surface area contributed by atoms with Crippen LogP contribution in [-0.4, -0.2) is 0 Å². The van der Waals surface area contributed by atoms with Gasteiger partial charge in [-0.3, -0.25) is 0 Å². The zero-order chi connectivity index (χ0) is 17.9. The summed E-state index contributed by atoms with van der Waals surface area (Å²) in [5.41, 5.74) is 0.279. The van der Waals surface area contributed by atoms with Gasteiger partial charge in [-0.05, 0) is 60.1 Å². The summed E-state index contributed by atoms with van der Waals surface area (Å²) in [4.78, 5) is 0. The van der Waals surface area contributed by atoms with E-state index < -0.39 is 23.3 Å². The van der Waals surface area contributed by atoms with Crippen LogP contribution < -0.4 is 0 Å². The highest BCUT2D eigenvalue weighted by atomic mass is 19.2. The third-order valence-corrected chi connectivity index (χ3v) is 4.33. The summed E-state index contributed by atoms with van der Waals surface area (Å²) in [5, 5.41) is 0. The molecular formula is C20H22F4. The zero-order valence-corrected chi connectivity index (χ0v) is 14.2. The van der Waals surface area contributed by atoms with Crippen LogP contribution in [0.15, 0.2) is 30.3 Å². The van der Waals surface area contributed by atoms with E-state index >= 15 is 0 Å². The van der Waals surface area contributed by atoms with E-state index in [9.17, 15) is 17.6 Å². The number of hydrogen-bond donors (Lipinski definition) is 0. The van der Waals surface area contributed by atoms with Gasteiger partial charge in [0.1, 0.15) is 11.6 Å². The predicted molar refractivity (Wildman–Crippen MR) is 88.8 cm³/mol. The molecule has 0 fully saturated rings. The Morgan fingerprint density at radius 1 is 0.792 bits per heavy atom. The van der Waals surface area contributed by atoms with Crippen molar-refractivity contribution in [1.82, 2.24) is 0 Å². The van der Waals surface area contributed by atoms with Gasteiger partial charge < -0.3 is 0 Å². The van der Waals surface area contributed by atoms with Gasteiger partial charge in [-0.15, -0.1) is 0 Å². The molecule has 130 valence electrons. The van der Waals surface area contributed by atoms with Gasteiger partial charge in [0.15, 0.2) is 11.6 Å². The maximum absolute atomic E-state index is 14.5. The maximum Gasteiger partial charge on any atom is 0.159 e. The Morgan fingerprint density at radius 3 is 1.92 bits per heavy atom. The van der Waals surface area contributed by atoms with Crippen LogP contribution in [0.4, 0.5) is 17.6 Å². The van der Waals surface area contributed by atoms with Crippen molar-refractivity contribution in [1.29, 1.82) is 0 Å². The summed E-state index contributed by atoms with van der Waals surface area (Å²) < 4.78 is 55.3.